The molecule has 2 heterocycles. The normalized spacial score (nSPS) is 15.3. The van der Waals surface area contributed by atoms with Crippen molar-refractivity contribution in [3.63, 3.8) is 0 Å². The Bertz CT molecular complexity index is 921. The fourth-order valence-corrected chi connectivity index (χ4v) is 5.15. The van der Waals surface area contributed by atoms with Crippen molar-refractivity contribution in [2.75, 3.05) is 57.9 Å². The SMILES string of the molecule is CCCC[C@@H](CC)C(=O)N(CCCOC)Cc1c(C)nn(-c2ccccc2)c1N1CCN(CC)CC1. The van der Waals surface area contributed by atoms with Gasteiger partial charge in [-0.05, 0) is 44.9 Å². The fraction of sp³-hybridized carbons (Fsp3) is 0.655. The molecule has 0 saturated carbocycles. The zero-order chi connectivity index (χ0) is 25.9. The molecule has 200 valence electrons. The molecule has 36 heavy (non-hydrogen) atoms. The average Bonchev–Trinajstić information content (AvgIpc) is 3.24. The molecule has 0 aliphatic carbocycles. The number of anilines is 1. The number of amides is 1. The van der Waals surface area contributed by atoms with Crippen molar-refractivity contribution in [2.45, 2.75) is 66.3 Å². The van der Waals surface area contributed by atoms with Gasteiger partial charge in [0, 0.05) is 57.9 Å². The molecule has 0 bridgehead atoms. The summed E-state index contributed by atoms with van der Waals surface area (Å²) in [7, 11) is 1.73. The number of rotatable bonds is 14. The second-order valence-electron chi connectivity index (χ2n) is 9.91. The molecule has 0 radical (unpaired) electrons. The Labute approximate surface area is 218 Å². The molecule has 1 saturated heterocycles. The summed E-state index contributed by atoms with van der Waals surface area (Å²) in [4.78, 5) is 20.8. The number of aromatic nitrogens is 2. The number of aryl methyl sites for hydroxylation is 1. The van der Waals surface area contributed by atoms with E-state index in [0.717, 1.165) is 82.0 Å². The van der Waals surface area contributed by atoms with Gasteiger partial charge in [-0.15, -0.1) is 0 Å². The van der Waals surface area contributed by atoms with Crippen LogP contribution < -0.4 is 4.90 Å². The molecule has 1 fully saturated rings. The highest BCUT2D eigenvalue weighted by molar-refractivity contribution is 5.79. The van der Waals surface area contributed by atoms with Gasteiger partial charge in [-0.2, -0.15) is 5.10 Å². The Hall–Kier alpha value is -2.38. The molecule has 0 unspecified atom stereocenters. The number of methoxy groups -OCH3 is 1. The number of piperazine rings is 1. The first kappa shape index (κ1) is 28.2. The van der Waals surface area contributed by atoms with Gasteiger partial charge in [0.2, 0.25) is 5.91 Å². The summed E-state index contributed by atoms with van der Waals surface area (Å²) in [6, 6.07) is 10.4. The first-order valence-corrected chi connectivity index (χ1v) is 13.9. The van der Waals surface area contributed by atoms with Gasteiger partial charge in [0.05, 0.1) is 17.9 Å². The van der Waals surface area contributed by atoms with Crippen LogP contribution in [0.4, 0.5) is 5.82 Å². The van der Waals surface area contributed by atoms with Crippen LogP contribution in [0.25, 0.3) is 5.69 Å². The highest BCUT2D eigenvalue weighted by Gasteiger charge is 2.29. The molecule has 1 aromatic carbocycles. The molecule has 0 N–H and O–H groups in total. The number of likely N-dealkylation sites (N-methyl/N-ethyl adjacent to an activating group) is 1. The number of carbonyl (C=O) groups excluding carboxylic acids is 1. The van der Waals surface area contributed by atoms with Crippen LogP contribution in [0.2, 0.25) is 0 Å². The van der Waals surface area contributed by atoms with Gasteiger partial charge in [-0.3, -0.25) is 4.79 Å². The van der Waals surface area contributed by atoms with Gasteiger partial charge in [0.25, 0.3) is 0 Å². The quantitative estimate of drug-likeness (QED) is 0.347. The molecule has 7 nitrogen and oxygen atoms in total. The number of unbranched alkanes of at least 4 members (excludes halogenated alkanes) is 1. The van der Waals surface area contributed by atoms with Crippen molar-refractivity contribution in [2.24, 2.45) is 5.92 Å². The van der Waals surface area contributed by atoms with Crippen molar-refractivity contribution >= 4 is 11.7 Å². The summed E-state index contributed by atoms with van der Waals surface area (Å²) in [5.74, 6) is 1.49. The highest BCUT2D eigenvalue weighted by Crippen LogP contribution is 2.30. The van der Waals surface area contributed by atoms with Gasteiger partial charge >= 0.3 is 0 Å². The Morgan fingerprint density at radius 2 is 1.81 bits per heavy atom. The predicted octanol–water partition coefficient (Wildman–Crippen LogP) is 4.90. The highest BCUT2D eigenvalue weighted by atomic mass is 16.5. The third kappa shape index (κ3) is 7.10. The van der Waals surface area contributed by atoms with Gasteiger partial charge in [-0.1, -0.05) is 51.8 Å². The molecule has 2 aromatic rings. The zero-order valence-electron chi connectivity index (χ0n) is 23.2. The van der Waals surface area contributed by atoms with E-state index in [4.69, 9.17) is 9.84 Å². The summed E-state index contributed by atoms with van der Waals surface area (Å²) in [6.45, 7) is 15.7. The van der Waals surface area contributed by atoms with Crippen LogP contribution in [-0.2, 0) is 16.1 Å². The van der Waals surface area contributed by atoms with Gasteiger partial charge in [0.15, 0.2) is 0 Å². The summed E-state index contributed by atoms with van der Waals surface area (Å²) in [5.41, 5.74) is 3.23. The zero-order valence-corrected chi connectivity index (χ0v) is 23.2. The van der Waals surface area contributed by atoms with Gasteiger partial charge < -0.3 is 19.4 Å². The molecular weight excluding hydrogens is 450 g/mol. The number of carbonyl (C=O) groups is 1. The lowest BCUT2D eigenvalue weighted by molar-refractivity contribution is -0.136. The summed E-state index contributed by atoms with van der Waals surface area (Å²) in [5, 5.41) is 5.02. The van der Waals surface area contributed by atoms with E-state index >= 15 is 0 Å². The number of para-hydroxylation sites is 1. The molecular formula is C29H47N5O2. The topological polar surface area (TPSA) is 53.8 Å². The molecule has 3 rings (SSSR count). The molecule has 1 amide bonds. The second-order valence-corrected chi connectivity index (χ2v) is 9.91. The third-order valence-corrected chi connectivity index (χ3v) is 7.46. The molecule has 1 aliphatic heterocycles. The Kier molecular flexibility index (Phi) is 11.3. The van der Waals surface area contributed by atoms with Gasteiger partial charge in [0.1, 0.15) is 5.82 Å². The monoisotopic (exact) mass is 497 g/mol. The number of nitrogens with zero attached hydrogens (tertiary/aromatic N) is 5. The second kappa shape index (κ2) is 14.4. The van der Waals surface area contributed by atoms with Crippen LogP contribution >= 0.6 is 0 Å². The Balaban J connectivity index is 1.97. The first-order valence-electron chi connectivity index (χ1n) is 13.9. The minimum Gasteiger partial charge on any atom is -0.385 e. The Morgan fingerprint density at radius 3 is 2.42 bits per heavy atom. The lowest BCUT2D eigenvalue weighted by Crippen LogP contribution is -2.47. The predicted molar refractivity (Wildman–Crippen MR) is 148 cm³/mol. The van der Waals surface area contributed by atoms with E-state index in [2.05, 4.69) is 71.3 Å². The smallest absolute Gasteiger partial charge is 0.225 e. The summed E-state index contributed by atoms with van der Waals surface area (Å²) < 4.78 is 7.43. The van der Waals surface area contributed by atoms with Crippen molar-refractivity contribution in [1.29, 1.82) is 0 Å². The van der Waals surface area contributed by atoms with Crippen molar-refractivity contribution in [3.05, 3.63) is 41.6 Å². The van der Waals surface area contributed by atoms with E-state index in [9.17, 15) is 4.79 Å². The molecule has 1 atom stereocenters. The van der Waals surface area contributed by atoms with Crippen molar-refractivity contribution in [1.82, 2.24) is 19.6 Å². The molecule has 1 aromatic heterocycles. The molecule has 0 spiro atoms. The third-order valence-electron chi connectivity index (χ3n) is 7.46. The summed E-state index contributed by atoms with van der Waals surface area (Å²) in [6.07, 6.45) is 4.88. The maximum Gasteiger partial charge on any atom is 0.225 e. The minimum atomic E-state index is 0.0773. The number of hydrogen-bond acceptors (Lipinski definition) is 5. The Morgan fingerprint density at radius 1 is 1.08 bits per heavy atom. The van der Waals surface area contributed by atoms with Crippen molar-refractivity contribution in [3.8, 4) is 5.69 Å². The standard InChI is InChI=1S/C29H47N5O2/c1-6-9-14-25(7-2)29(35)33(17-13-22-36-5)23-27-24(4)30-34(26-15-11-10-12-16-26)28(27)32-20-18-31(8-3)19-21-32/h10-12,15-16,25H,6-9,13-14,17-23H2,1-5H3/t25-/m1/s1. The van der Waals surface area contributed by atoms with Crippen LogP contribution in [0, 0.1) is 12.8 Å². The number of hydrogen-bond donors (Lipinski definition) is 0. The van der Waals surface area contributed by atoms with E-state index in [-0.39, 0.29) is 11.8 Å². The lowest BCUT2D eigenvalue weighted by Gasteiger charge is -2.36. The van der Waals surface area contributed by atoms with E-state index < -0.39 is 0 Å². The first-order chi connectivity index (χ1) is 17.5. The van der Waals surface area contributed by atoms with Crippen LogP contribution in [0.15, 0.2) is 30.3 Å². The van der Waals surface area contributed by atoms with Gasteiger partial charge in [-0.25, -0.2) is 4.68 Å². The molecule has 7 heteroatoms. The van der Waals surface area contributed by atoms with E-state index in [1.807, 2.05) is 6.07 Å². The van der Waals surface area contributed by atoms with E-state index in [0.29, 0.717) is 19.7 Å². The largest absolute Gasteiger partial charge is 0.385 e. The lowest BCUT2D eigenvalue weighted by atomic mass is 9.97. The van der Waals surface area contributed by atoms with Crippen LogP contribution in [0.1, 0.15) is 64.1 Å². The van der Waals surface area contributed by atoms with Crippen LogP contribution in [0.5, 0.6) is 0 Å². The maximum atomic E-state index is 13.8. The van der Waals surface area contributed by atoms with Crippen LogP contribution in [-0.4, -0.2) is 78.5 Å². The average molecular weight is 498 g/mol. The fourth-order valence-electron chi connectivity index (χ4n) is 5.15. The van der Waals surface area contributed by atoms with E-state index in [1.165, 1.54) is 5.56 Å². The van der Waals surface area contributed by atoms with E-state index in [1.54, 1.807) is 7.11 Å². The minimum absolute atomic E-state index is 0.0773. The number of ether oxygens (including phenoxy) is 1. The number of benzene rings is 1. The summed E-state index contributed by atoms with van der Waals surface area (Å²) >= 11 is 0. The maximum absolute atomic E-state index is 13.8. The van der Waals surface area contributed by atoms with Crippen LogP contribution in [0.3, 0.4) is 0 Å². The molecule has 1 aliphatic rings. The van der Waals surface area contributed by atoms with Crippen molar-refractivity contribution < 1.29 is 9.53 Å².